The second-order valence-electron chi connectivity index (χ2n) is 4.11. The first-order valence-electron chi connectivity index (χ1n) is 6.23. The van der Waals surface area contributed by atoms with E-state index in [4.69, 9.17) is 15.2 Å². The van der Waals surface area contributed by atoms with Crippen molar-refractivity contribution in [1.82, 2.24) is 9.97 Å². The standard InChI is InChI=1S/C14H18N4O2/c1-19-12-4-3-10(13(7-12)20-2)9-17-14-16-6-5-11(8-15)18-14/h3-7H,8-9,15H2,1-2H3,(H,16,17,18). The van der Waals surface area contributed by atoms with Crippen LogP contribution < -0.4 is 20.5 Å². The Morgan fingerprint density at radius 3 is 2.75 bits per heavy atom. The molecule has 0 fully saturated rings. The molecule has 3 N–H and O–H groups in total. The predicted octanol–water partition coefficient (Wildman–Crippen LogP) is 1.56. The number of nitrogens with one attached hydrogen (secondary N) is 1. The average molecular weight is 274 g/mol. The van der Waals surface area contributed by atoms with Crippen molar-refractivity contribution in [2.75, 3.05) is 19.5 Å². The zero-order valence-electron chi connectivity index (χ0n) is 11.6. The van der Waals surface area contributed by atoms with E-state index in [1.807, 2.05) is 18.2 Å². The molecule has 1 aromatic heterocycles. The quantitative estimate of drug-likeness (QED) is 0.832. The second-order valence-corrected chi connectivity index (χ2v) is 4.11. The molecule has 6 nitrogen and oxygen atoms in total. The van der Waals surface area contributed by atoms with Gasteiger partial charge in [-0.25, -0.2) is 9.97 Å². The molecule has 0 saturated carbocycles. The van der Waals surface area contributed by atoms with Crippen molar-refractivity contribution < 1.29 is 9.47 Å². The van der Waals surface area contributed by atoms with E-state index in [2.05, 4.69) is 15.3 Å². The lowest BCUT2D eigenvalue weighted by Gasteiger charge is -2.11. The minimum absolute atomic E-state index is 0.392. The van der Waals surface area contributed by atoms with Crippen LogP contribution in [0.3, 0.4) is 0 Å². The molecule has 0 unspecified atom stereocenters. The highest BCUT2D eigenvalue weighted by molar-refractivity contribution is 5.42. The molecule has 0 aliphatic carbocycles. The summed E-state index contributed by atoms with van der Waals surface area (Å²) in [4.78, 5) is 8.43. The summed E-state index contributed by atoms with van der Waals surface area (Å²) in [7, 11) is 3.25. The van der Waals surface area contributed by atoms with Crippen molar-refractivity contribution in [1.29, 1.82) is 0 Å². The van der Waals surface area contributed by atoms with E-state index in [1.165, 1.54) is 0 Å². The molecule has 0 atom stereocenters. The summed E-state index contributed by atoms with van der Waals surface area (Å²) >= 11 is 0. The van der Waals surface area contributed by atoms with Crippen molar-refractivity contribution >= 4 is 5.95 Å². The molecule has 106 valence electrons. The Hall–Kier alpha value is -2.34. The fourth-order valence-electron chi connectivity index (χ4n) is 1.77. The first kappa shape index (κ1) is 14.1. The smallest absolute Gasteiger partial charge is 0.223 e. The van der Waals surface area contributed by atoms with Gasteiger partial charge in [-0.05, 0) is 18.2 Å². The van der Waals surface area contributed by atoms with E-state index in [0.29, 0.717) is 19.0 Å². The molecule has 6 heteroatoms. The third-order valence-corrected chi connectivity index (χ3v) is 2.85. The van der Waals surface area contributed by atoms with E-state index in [-0.39, 0.29) is 0 Å². The molecule has 1 aromatic carbocycles. The molecular formula is C14H18N4O2. The summed E-state index contributed by atoms with van der Waals surface area (Å²) in [6, 6.07) is 7.46. The van der Waals surface area contributed by atoms with Crippen LogP contribution in [-0.4, -0.2) is 24.2 Å². The van der Waals surface area contributed by atoms with Gasteiger partial charge in [-0.2, -0.15) is 0 Å². The first-order chi connectivity index (χ1) is 9.76. The molecule has 0 aliphatic heterocycles. The molecule has 0 amide bonds. The number of rotatable bonds is 6. The largest absolute Gasteiger partial charge is 0.497 e. The van der Waals surface area contributed by atoms with Crippen LogP contribution in [-0.2, 0) is 13.1 Å². The SMILES string of the molecule is COc1ccc(CNc2nccc(CN)n2)c(OC)c1. The highest BCUT2D eigenvalue weighted by Gasteiger charge is 2.06. The lowest BCUT2D eigenvalue weighted by molar-refractivity contribution is 0.391. The number of nitrogens with two attached hydrogens (primary N) is 1. The van der Waals surface area contributed by atoms with Gasteiger partial charge >= 0.3 is 0 Å². The number of nitrogens with zero attached hydrogens (tertiary/aromatic N) is 2. The lowest BCUT2D eigenvalue weighted by atomic mass is 10.2. The fraction of sp³-hybridized carbons (Fsp3) is 0.286. The summed E-state index contributed by atoms with van der Waals surface area (Å²) in [5.74, 6) is 2.06. The molecule has 1 heterocycles. The number of hydrogen-bond donors (Lipinski definition) is 2. The van der Waals surface area contributed by atoms with Crippen molar-refractivity contribution in [3.8, 4) is 11.5 Å². The Labute approximate surface area is 118 Å². The van der Waals surface area contributed by atoms with Gasteiger partial charge in [0, 0.05) is 30.9 Å². The Bertz CT molecular complexity index is 575. The van der Waals surface area contributed by atoms with Gasteiger partial charge in [-0.1, -0.05) is 0 Å². The fourth-order valence-corrected chi connectivity index (χ4v) is 1.77. The van der Waals surface area contributed by atoms with Gasteiger partial charge in [0.05, 0.1) is 19.9 Å². The van der Waals surface area contributed by atoms with Crippen LogP contribution in [0.15, 0.2) is 30.5 Å². The van der Waals surface area contributed by atoms with Gasteiger partial charge in [0.15, 0.2) is 0 Å². The molecule has 2 rings (SSSR count). The normalized spacial score (nSPS) is 10.2. The molecule has 0 radical (unpaired) electrons. The maximum atomic E-state index is 5.55. The van der Waals surface area contributed by atoms with Gasteiger partial charge in [0.2, 0.25) is 5.95 Å². The number of aromatic nitrogens is 2. The molecule has 0 aliphatic rings. The van der Waals surface area contributed by atoms with E-state index in [9.17, 15) is 0 Å². The lowest BCUT2D eigenvalue weighted by Crippen LogP contribution is -2.07. The Morgan fingerprint density at radius 1 is 1.20 bits per heavy atom. The molecule has 20 heavy (non-hydrogen) atoms. The summed E-state index contributed by atoms with van der Waals surface area (Å²) in [6.45, 7) is 0.949. The van der Waals surface area contributed by atoms with Crippen molar-refractivity contribution in [3.05, 3.63) is 41.7 Å². The van der Waals surface area contributed by atoms with Gasteiger partial charge < -0.3 is 20.5 Å². The van der Waals surface area contributed by atoms with Gasteiger partial charge in [0.25, 0.3) is 0 Å². The third kappa shape index (κ3) is 3.36. The van der Waals surface area contributed by atoms with E-state index in [0.717, 1.165) is 22.8 Å². The van der Waals surface area contributed by atoms with Crippen molar-refractivity contribution in [2.45, 2.75) is 13.1 Å². The Morgan fingerprint density at radius 2 is 2.05 bits per heavy atom. The topological polar surface area (TPSA) is 82.3 Å². The third-order valence-electron chi connectivity index (χ3n) is 2.85. The number of hydrogen-bond acceptors (Lipinski definition) is 6. The average Bonchev–Trinajstić information content (AvgIpc) is 2.52. The Balaban J connectivity index is 2.10. The molecular weight excluding hydrogens is 256 g/mol. The van der Waals surface area contributed by atoms with E-state index >= 15 is 0 Å². The predicted molar refractivity (Wildman–Crippen MR) is 76.8 cm³/mol. The maximum absolute atomic E-state index is 5.55. The minimum atomic E-state index is 0.392. The first-order valence-corrected chi connectivity index (χ1v) is 6.23. The summed E-state index contributed by atoms with van der Waals surface area (Å²) in [5, 5.41) is 3.15. The van der Waals surface area contributed by atoms with E-state index < -0.39 is 0 Å². The highest BCUT2D eigenvalue weighted by atomic mass is 16.5. The Kier molecular flexibility index (Phi) is 4.73. The van der Waals surface area contributed by atoms with Crippen LogP contribution in [0.2, 0.25) is 0 Å². The highest BCUT2D eigenvalue weighted by Crippen LogP contribution is 2.24. The monoisotopic (exact) mass is 274 g/mol. The van der Waals surface area contributed by atoms with Crippen molar-refractivity contribution in [3.63, 3.8) is 0 Å². The van der Waals surface area contributed by atoms with Gasteiger partial charge in [-0.3, -0.25) is 0 Å². The summed E-state index contributed by atoms with van der Waals surface area (Å²) < 4.78 is 10.5. The van der Waals surface area contributed by atoms with Gasteiger partial charge in [-0.15, -0.1) is 0 Å². The van der Waals surface area contributed by atoms with Crippen LogP contribution in [0, 0.1) is 0 Å². The van der Waals surface area contributed by atoms with Crippen molar-refractivity contribution in [2.24, 2.45) is 5.73 Å². The van der Waals surface area contributed by atoms with Crippen LogP contribution in [0.5, 0.6) is 11.5 Å². The minimum Gasteiger partial charge on any atom is -0.497 e. The van der Waals surface area contributed by atoms with Crippen LogP contribution in [0.25, 0.3) is 0 Å². The summed E-state index contributed by atoms with van der Waals surface area (Å²) in [6.07, 6.45) is 1.68. The van der Waals surface area contributed by atoms with E-state index in [1.54, 1.807) is 26.5 Å². The van der Waals surface area contributed by atoms with Gasteiger partial charge in [0.1, 0.15) is 11.5 Å². The number of methoxy groups -OCH3 is 2. The zero-order valence-corrected chi connectivity index (χ0v) is 11.6. The number of anilines is 1. The molecule has 0 spiro atoms. The van der Waals surface area contributed by atoms with Crippen LogP contribution in [0.1, 0.15) is 11.3 Å². The molecule has 0 saturated heterocycles. The zero-order chi connectivity index (χ0) is 14.4. The second kappa shape index (κ2) is 6.72. The number of benzene rings is 1. The molecule has 2 aromatic rings. The molecule has 0 bridgehead atoms. The van der Waals surface area contributed by atoms with Crippen LogP contribution in [0.4, 0.5) is 5.95 Å². The summed E-state index contributed by atoms with van der Waals surface area (Å²) in [5.41, 5.74) is 7.34. The van der Waals surface area contributed by atoms with Crippen LogP contribution >= 0.6 is 0 Å². The number of ether oxygens (including phenoxy) is 2. The maximum Gasteiger partial charge on any atom is 0.223 e.